The van der Waals surface area contributed by atoms with Crippen molar-refractivity contribution in [2.24, 2.45) is 0 Å². The molecule has 5 atom stereocenters. The fourth-order valence-electron chi connectivity index (χ4n) is 3.22. The van der Waals surface area contributed by atoms with Crippen LogP contribution in [0.5, 0.6) is 0 Å². The Morgan fingerprint density at radius 3 is 2.21 bits per heavy atom. The molecule has 0 aliphatic carbocycles. The predicted octanol–water partition coefficient (Wildman–Crippen LogP) is 0.578. The van der Waals surface area contributed by atoms with E-state index in [0.717, 1.165) is 5.56 Å². The van der Waals surface area contributed by atoms with E-state index < -0.39 is 42.8 Å². The largest absolute Gasteiger partial charge is 0.394 e. The van der Waals surface area contributed by atoms with Gasteiger partial charge in [0.15, 0.2) is 0 Å². The lowest BCUT2D eigenvalue weighted by molar-refractivity contribution is -0.457. The van der Waals surface area contributed by atoms with Crippen LogP contribution in [0.4, 0.5) is 0 Å². The first-order chi connectivity index (χ1) is 14.0. The fourth-order valence-corrected chi connectivity index (χ4v) is 3.22. The van der Waals surface area contributed by atoms with Crippen molar-refractivity contribution < 1.29 is 39.7 Å². The van der Waals surface area contributed by atoms with Crippen LogP contribution in [0.15, 0.2) is 60.7 Å². The molecule has 8 heteroatoms. The van der Waals surface area contributed by atoms with E-state index in [1.807, 2.05) is 30.3 Å². The summed E-state index contributed by atoms with van der Waals surface area (Å²) in [5.74, 6) is -2.80. The molecule has 1 aliphatic heterocycles. The van der Waals surface area contributed by atoms with Crippen molar-refractivity contribution in [3.8, 4) is 0 Å². The third kappa shape index (κ3) is 4.81. The Morgan fingerprint density at radius 1 is 0.966 bits per heavy atom. The predicted molar refractivity (Wildman–Crippen MR) is 100 cm³/mol. The summed E-state index contributed by atoms with van der Waals surface area (Å²) in [5, 5.41) is 40.4. The molecule has 1 heterocycles. The van der Waals surface area contributed by atoms with E-state index >= 15 is 0 Å². The van der Waals surface area contributed by atoms with Gasteiger partial charge in [0.25, 0.3) is 0 Å². The summed E-state index contributed by atoms with van der Waals surface area (Å²) in [6, 6.07) is 17.3. The number of aliphatic hydroxyl groups is 4. The van der Waals surface area contributed by atoms with E-state index in [1.54, 1.807) is 18.2 Å². The summed E-state index contributed by atoms with van der Waals surface area (Å²) in [6.45, 7) is -0.631. The van der Waals surface area contributed by atoms with E-state index in [0.29, 0.717) is 6.42 Å². The summed E-state index contributed by atoms with van der Waals surface area (Å²) in [6.07, 6.45) is -5.84. The van der Waals surface area contributed by atoms with Gasteiger partial charge in [-0.25, -0.2) is 4.79 Å². The zero-order chi connectivity index (χ0) is 20.9. The number of hydrogen-bond acceptors (Lipinski definition) is 8. The van der Waals surface area contributed by atoms with Crippen LogP contribution in [0.25, 0.3) is 0 Å². The number of aliphatic hydroxyl groups excluding tert-OH is 4. The van der Waals surface area contributed by atoms with Gasteiger partial charge in [-0.05, 0) is 24.1 Å². The first kappa shape index (κ1) is 21.4. The summed E-state index contributed by atoms with van der Waals surface area (Å²) in [7, 11) is 0. The Kier molecular flexibility index (Phi) is 6.96. The first-order valence-electron chi connectivity index (χ1n) is 9.29. The molecular weight excluding hydrogens is 380 g/mol. The lowest BCUT2D eigenvalue weighted by Gasteiger charge is -2.46. The van der Waals surface area contributed by atoms with Crippen LogP contribution >= 0.6 is 0 Å². The molecule has 3 rings (SSSR count). The zero-order valence-corrected chi connectivity index (χ0v) is 15.6. The monoisotopic (exact) mass is 404 g/mol. The van der Waals surface area contributed by atoms with Crippen LogP contribution in [-0.4, -0.2) is 63.2 Å². The van der Waals surface area contributed by atoms with Gasteiger partial charge >= 0.3 is 5.97 Å². The summed E-state index contributed by atoms with van der Waals surface area (Å²) < 4.78 is 5.62. The van der Waals surface area contributed by atoms with Gasteiger partial charge in [-0.1, -0.05) is 48.5 Å². The van der Waals surface area contributed by atoms with E-state index in [4.69, 9.17) is 14.5 Å². The second-order valence-electron chi connectivity index (χ2n) is 6.88. The second-order valence-corrected chi connectivity index (χ2v) is 6.88. The molecule has 0 unspecified atom stereocenters. The minimum absolute atomic E-state index is 0.0134. The maximum absolute atomic E-state index is 12.3. The van der Waals surface area contributed by atoms with Crippen LogP contribution in [0.3, 0.4) is 0 Å². The highest BCUT2D eigenvalue weighted by Gasteiger charge is 2.56. The van der Waals surface area contributed by atoms with E-state index in [9.17, 15) is 25.2 Å². The third-order valence-electron chi connectivity index (χ3n) is 4.91. The molecule has 2 aromatic rings. The normalized spacial score (nSPS) is 29.4. The molecule has 156 valence electrons. The van der Waals surface area contributed by atoms with Crippen molar-refractivity contribution in [3.05, 3.63) is 71.8 Å². The van der Waals surface area contributed by atoms with Crippen molar-refractivity contribution in [1.82, 2.24) is 0 Å². The molecule has 0 aromatic heterocycles. The zero-order valence-electron chi connectivity index (χ0n) is 15.6. The van der Waals surface area contributed by atoms with Crippen LogP contribution < -0.4 is 0 Å². The van der Waals surface area contributed by atoms with Gasteiger partial charge in [-0.2, -0.15) is 0 Å². The molecule has 1 aliphatic rings. The highest BCUT2D eigenvalue weighted by molar-refractivity contribution is 5.88. The molecule has 0 bridgehead atoms. The van der Waals surface area contributed by atoms with Crippen LogP contribution in [0.1, 0.15) is 22.3 Å². The maximum Gasteiger partial charge on any atom is 0.373 e. The number of hydrogen-bond donors (Lipinski definition) is 4. The maximum atomic E-state index is 12.3. The van der Waals surface area contributed by atoms with Crippen molar-refractivity contribution in [2.75, 3.05) is 6.61 Å². The molecule has 4 N–H and O–H groups in total. The number of carbonyl (C=O) groups excluding carboxylic acids is 1. The number of ether oxygens (including phenoxy) is 1. The number of rotatable bonds is 7. The summed E-state index contributed by atoms with van der Waals surface area (Å²) in [5.41, 5.74) is 1.11. The smallest absolute Gasteiger partial charge is 0.373 e. The Labute approximate surface area is 167 Å². The van der Waals surface area contributed by atoms with Gasteiger partial charge in [0.05, 0.1) is 12.2 Å². The Hall–Kier alpha value is -2.33. The molecule has 0 amide bonds. The fraction of sp³-hybridized carbons (Fsp3) is 0.381. The first-order valence-corrected chi connectivity index (χ1v) is 9.29. The van der Waals surface area contributed by atoms with Gasteiger partial charge in [0.2, 0.25) is 5.79 Å². The number of aryl methyl sites for hydroxylation is 1. The van der Waals surface area contributed by atoms with Crippen LogP contribution in [-0.2, 0) is 20.9 Å². The lowest BCUT2D eigenvalue weighted by atomic mass is 9.89. The van der Waals surface area contributed by atoms with Crippen molar-refractivity contribution >= 4 is 5.97 Å². The van der Waals surface area contributed by atoms with Crippen LogP contribution in [0.2, 0.25) is 0 Å². The topological polar surface area (TPSA) is 126 Å². The minimum atomic E-state index is -1.98. The molecule has 0 radical (unpaired) electrons. The number of carbonyl (C=O) groups is 1. The molecule has 0 spiro atoms. The Morgan fingerprint density at radius 2 is 1.59 bits per heavy atom. The minimum Gasteiger partial charge on any atom is -0.394 e. The molecule has 8 nitrogen and oxygen atoms in total. The van der Waals surface area contributed by atoms with Crippen molar-refractivity contribution in [1.29, 1.82) is 0 Å². The van der Waals surface area contributed by atoms with Gasteiger partial charge < -0.3 is 25.2 Å². The van der Waals surface area contributed by atoms with Gasteiger partial charge in [-0.3, -0.25) is 4.89 Å². The molecular formula is C21H24O8. The average Bonchev–Trinajstić information content (AvgIpc) is 2.77. The molecule has 2 aromatic carbocycles. The van der Waals surface area contributed by atoms with Crippen molar-refractivity contribution in [3.63, 3.8) is 0 Å². The van der Waals surface area contributed by atoms with E-state index in [-0.39, 0.29) is 12.0 Å². The summed E-state index contributed by atoms with van der Waals surface area (Å²) >= 11 is 0. The Balaban J connectivity index is 1.81. The second kappa shape index (κ2) is 9.45. The van der Waals surface area contributed by atoms with E-state index in [1.165, 1.54) is 12.1 Å². The molecule has 1 saturated heterocycles. The van der Waals surface area contributed by atoms with Crippen LogP contribution in [0, 0.1) is 0 Å². The average molecular weight is 404 g/mol. The quantitative estimate of drug-likeness (QED) is 0.390. The van der Waals surface area contributed by atoms with Gasteiger partial charge in [0, 0.05) is 6.42 Å². The number of benzene rings is 2. The lowest BCUT2D eigenvalue weighted by Crippen LogP contribution is -2.66. The highest BCUT2D eigenvalue weighted by Crippen LogP contribution is 2.35. The third-order valence-corrected chi connectivity index (χ3v) is 4.91. The Bertz CT molecular complexity index is 782. The molecule has 1 fully saturated rings. The highest BCUT2D eigenvalue weighted by atomic mass is 17.2. The van der Waals surface area contributed by atoms with Gasteiger partial charge in [-0.15, -0.1) is 4.89 Å². The molecule has 0 saturated carbocycles. The van der Waals surface area contributed by atoms with E-state index in [2.05, 4.69) is 0 Å². The standard InChI is InChI=1S/C21H24O8/c22-13-16-17(23)18(24)19(25)21(27-16,12-11-14-7-3-1-4-8-14)29-28-20(26)15-9-5-2-6-10-15/h1-10,16-19,22-25H,11-13H2/t16-,17-,18+,19-,21+/m1/s1. The molecule has 29 heavy (non-hydrogen) atoms. The summed E-state index contributed by atoms with van der Waals surface area (Å²) in [4.78, 5) is 22.4. The van der Waals surface area contributed by atoms with Crippen molar-refractivity contribution in [2.45, 2.75) is 43.0 Å². The SMILES string of the molecule is O=C(OO[C@]1(CCc2ccccc2)O[C@H](CO)[C@@H](O)[C@H](O)[C@H]1O)c1ccccc1. The van der Waals surface area contributed by atoms with Gasteiger partial charge in [0.1, 0.15) is 24.4 Å².